The van der Waals surface area contributed by atoms with Crippen LogP contribution in [0.15, 0.2) is 24.4 Å². The molecule has 0 aliphatic heterocycles. The summed E-state index contributed by atoms with van der Waals surface area (Å²) in [4.78, 5) is 5.34. The Kier molecular flexibility index (Phi) is 4.17. The summed E-state index contributed by atoms with van der Waals surface area (Å²) in [6.07, 6.45) is 1.81. The summed E-state index contributed by atoms with van der Waals surface area (Å²) in [5.74, 6) is 0.892. The number of aryl methyl sites for hydroxylation is 1. The Hall–Kier alpha value is -1.59. The number of aromatic nitrogens is 1. The van der Waals surface area contributed by atoms with Gasteiger partial charge in [-0.2, -0.15) is 0 Å². The molecule has 2 aromatic rings. The number of anilines is 1. The third kappa shape index (κ3) is 3.00. The summed E-state index contributed by atoms with van der Waals surface area (Å²) in [6, 6.07) is 6.14. The third-order valence-corrected chi connectivity index (χ3v) is 3.60. The lowest BCUT2D eigenvalue weighted by Gasteiger charge is -2.09. The van der Waals surface area contributed by atoms with Crippen molar-refractivity contribution in [3.8, 4) is 5.75 Å². The van der Waals surface area contributed by atoms with E-state index in [2.05, 4.69) is 23.3 Å². The van der Waals surface area contributed by atoms with Crippen LogP contribution in [-0.2, 0) is 13.1 Å². The van der Waals surface area contributed by atoms with Crippen LogP contribution in [0.4, 0.5) is 5.13 Å². The van der Waals surface area contributed by atoms with Crippen LogP contribution in [0.5, 0.6) is 5.75 Å². The van der Waals surface area contributed by atoms with Crippen molar-refractivity contribution in [2.45, 2.75) is 20.0 Å². The number of rotatable bonds is 5. The smallest absolute Gasteiger partial charge is 0.183 e. The van der Waals surface area contributed by atoms with Crippen LogP contribution in [-0.4, -0.2) is 12.1 Å². The lowest BCUT2D eigenvalue weighted by Crippen LogP contribution is -2.01. The Labute approximate surface area is 111 Å². The van der Waals surface area contributed by atoms with Gasteiger partial charge in [0.15, 0.2) is 5.13 Å². The molecule has 5 heteroatoms. The molecule has 1 aromatic carbocycles. The summed E-state index contributed by atoms with van der Waals surface area (Å²) < 4.78 is 5.34. The highest BCUT2D eigenvalue weighted by molar-refractivity contribution is 7.15. The molecule has 0 radical (unpaired) electrons. The predicted molar refractivity (Wildman–Crippen MR) is 75.1 cm³/mol. The lowest BCUT2D eigenvalue weighted by atomic mass is 10.1. The van der Waals surface area contributed by atoms with Gasteiger partial charge in [0.1, 0.15) is 5.75 Å². The van der Waals surface area contributed by atoms with Gasteiger partial charge in [0, 0.05) is 29.7 Å². The van der Waals surface area contributed by atoms with Gasteiger partial charge in [-0.15, -0.1) is 11.3 Å². The molecular weight excluding hydrogens is 246 g/mol. The molecule has 0 aliphatic carbocycles. The molecule has 0 unspecified atom stereocenters. The van der Waals surface area contributed by atoms with Crippen molar-refractivity contribution in [1.82, 2.24) is 4.98 Å². The van der Waals surface area contributed by atoms with E-state index in [1.165, 1.54) is 5.56 Å². The zero-order chi connectivity index (χ0) is 13.0. The van der Waals surface area contributed by atoms with Crippen molar-refractivity contribution in [3.05, 3.63) is 40.4 Å². The monoisotopic (exact) mass is 263 g/mol. The van der Waals surface area contributed by atoms with E-state index >= 15 is 0 Å². The second-order valence-corrected chi connectivity index (χ2v) is 5.12. The fourth-order valence-corrected chi connectivity index (χ4v) is 2.39. The van der Waals surface area contributed by atoms with E-state index in [0.29, 0.717) is 13.1 Å². The average Bonchev–Trinajstić information content (AvgIpc) is 2.84. The van der Waals surface area contributed by atoms with E-state index in [4.69, 9.17) is 10.5 Å². The van der Waals surface area contributed by atoms with Gasteiger partial charge in [-0.1, -0.05) is 17.7 Å². The molecule has 0 spiro atoms. The highest BCUT2D eigenvalue weighted by atomic mass is 32.1. The van der Waals surface area contributed by atoms with Crippen molar-refractivity contribution in [1.29, 1.82) is 0 Å². The maximum Gasteiger partial charge on any atom is 0.183 e. The van der Waals surface area contributed by atoms with Crippen LogP contribution in [0.1, 0.15) is 16.0 Å². The molecule has 0 bridgehead atoms. The first kappa shape index (κ1) is 12.9. The fourth-order valence-electron chi connectivity index (χ4n) is 1.70. The molecule has 3 N–H and O–H groups in total. The van der Waals surface area contributed by atoms with Gasteiger partial charge in [0.25, 0.3) is 0 Å². The Morgan fingerprint density at radius 2 is 2.28 bits per heavy atom. The first-order chi connectivity index (χ1) is 8.72. The number of hydrogen-bond donors (Lipinski definition) is 2. The van der Waals surface area contributed by atoms with Gasteiger partial charge >= 0.3 is 0 Å². The molecule has 0 fully saturated rings. The average molecular weight is 263 g/mol. The Morgan fingerprint density at radius 1 is 1.44 bits per heavy atom. The highest BCUT2D eigenvalue weighted by Gasteiger charge is 2.05. The molecule has 0 aliphatic rings. The van der Waals surface area contributed by atoms with Gasteiger partial charge in [0.2, 0.25) is 0 Å². The Bertz CT molecular complexity index is 525. The van der Waals surface area contributed by atoms with E-state index in [-0.39, 0.29) is 0 Å². The summed E-state index contributed by atoms with van der Waals surface area (Å²) >= 11 is 1.58. The Balaban J connectivity index is 2.07. The van der Waals surface area contributed by atoms with E-state index < -0.39 is 0 Å². The number of thiazole rings is 1. The predicted octanol–water partition coefficient (Wildman–Crippen LogP) is 2.53. The molecule has 96 valence electrons. The van der Waals surface area contributed by atoms with Crippen molar-refractivity contribution >= 4 is 16.5 Å². The summed E-state index contributed by atoms with van der Waals surface area (Å²) in [7, 11) is 1.68. The third-order valence-electron chi connectivity index (χ3n) is 2.62. The molecule has 1 aromatic heterocycles. The highest BCUT2D eigenvalue weighted by Crippen LogP contribution is 2.23. The number of nitrogens with one attached hydrogen (secondary N) is 1. The minimum atomic E-state index is 0.535. The van der Waals surface area contributed by atoms with Gasteiger partial charge in [-0.25, -0.2) is 4.98 Å². The minimum absolute atomic E-state index is 0.535. The normalized spacial score (nSPS) is 10.4. The zero-order valence-corrected chi connectivity index (χ0v) is 11.4. The molecule has 0 atom stereocenters. The number of nitrogens with zero attached hydrogens (tertiary/aromatic N) is 1. The minimum Gasteiger partial charge on any atom is -0.496 e. The SMILES string of the molecule is COc1ccc(C)cc1CNc1ncc(CN)s1. The number of nitrogens with two attached hydrogens (primary N) is 1. The van der Waals surface area contributed by atoms with E-state index in [1.54, 1.807) is 24.6 Å². The maximum absolute atomic E-state index is 5.56. The molecule has 0 amide bonds. The number of hydrogen-bond acceptors (Lipinski definition) is 5. The van der Waals surface area contributed by atoms with Crippen LogP contribution in [0.25, 0.3) is 0 Å². The first-order valence-electron chi connectivity index (χ1n) is 5.75. The second kappa shape index (κ2) is 5.84. The van der Waals surface area contributed by atoms with Crippen LogP contribution in [0.2, 0.25) is 0 Å². The second-order valence-electron chi connectivity index (χ2n) is 4.00. The van der Waals surface area contributed by atoms with Crippen molar-refractivity contribution < 1.29 is 4.74 Å². The number of benzene rings is 1. The van der Waals surface area contributed by atoms with Crippen molar-refractivity contribution in [3.63, 3.8) is 0 Å². The Morgan fingerprint density at radius 3 is 2.94 bits per heavy atom. The molecule has 1 heterocycles. The van der Waals surface area contributed by atoms with Gasteiger partial charge in [-0.05, 0) is 13.0 Å². The van der Waals surface area contributed by atoms with E-state index in [0.717, 1.165) is 21.3 Å². The van der Waals surface area contributed by atoms with Gasteiger partial charge in [0.05, 0.1) is 7.11 Å². The fraction of sp³-hybridized carbons (Fsp3) is 0.308. The maximum atomic E-state index is 5.56. The zero-order valence-electron chi connectivity index (χ0n) is 10.6. The largest absolute Gasteiger partial charge is 0.496 e. The van der Waals surface area contributed by atoms with E-state index in [1.807, 2.05) is 12.1 Å². The van der Waals surface area contributed by atoms with Crippen molar-refractivity contribution in [2.75, 3.05) is 12.4 Å². The van der Waals surface area contributed by atoms with Gasteiger partial charge in [-0.3, -0.25) is 0 Å². The topological polar surface area (TPSA) is 60.2 Å². The number of ether oxygens (including phenoxy) is 1. The standard InChI is InChI=1S/C13H17N3OS/c1-9-3-4-12(17-2)10(5-9)7-15-13-16-8-11(6-14)18-13/h3-5,8H,6-7,14H2,1-2H3,(H,15,16). The van der Waals surface area contributed by atoms with Crippen LogP contribution in [0, 0.1) is 6.92 Å². The van der Waals surface area contributed by atoms with Crippen LogP contribution in [0.3, 0.4) is 0 Å². The summed E-state index contributed by atoms with van der Waals surface area (Å²) in [6.45, 7) is 3.30. The van der Waals surface area contributed by atoms with Crippen LogP contribution >= 0.6 is 11.3 Å². The summed E-state index contributed by atoms with van der Waals surface area (Å²) in [5.41, 5.74) is 7.90. The molecule has 2 rings (SSSR count). The quantitative estimate of drug-likeness (QED) is 0.870. The molecule has 18 heavy (non-hydrogen) atoms. The number of methoxy groups -OCH3 is 1. The molecular formula is C13H17N3OS. The first-order valence-corrected chi connectivity index (χ1v) is 6.56. The molecule has 0 saturated heterocycles. The van der Waals surface area contributed by atoms with Crippen molar-refractivity contribution in [2.24, 2.45) is 5.73 Å². The molecule has 0 saturated carbocycles. The summed E-state index contributed by atoms with van der Waals surface area (Å²) in [5, 5.41) is 4.18. The van der Waals surface area contributed by atoms with Crippen LogP contribution < -0.4 is 15.8 Å². The van der Waals surface area contributed by atoms with Gasteiger partial charge < -0.3 is 15.8 Å². The van der Waals surface area contributed by atoms with E-state index in [9.17, 15) is 0 Å². The molecule has 4 nitrogen and oxygen atoms in total. The lowest BCUT2D eigenvalue weighted by molar-refractivity contribution is 0.410.